The molecule has 0 aromatic rings. The molecule has 0 heterocycles. The second kappa shape index (κ2) is 6.77. The smallest absolute Gasteiger partial charge is 0.337 e. The third-order valence-corrected chi connectivity index (χ3v) is 4.04. The minimum Gasteiger partial charge on any atom is -0.478 e. The maximum Gasteiger partial charge on any atom is 0.337 e. The van der Waals surface area contributed by atoms with E-state index in [0.29, 0.717) is 0 Å². The number of carboxylic acids is 1. The van der Waals surface area contributed by atoms with Crippen LogP contribution in [-0.2, 0) is 18.4 Å². The van der Waals surface area contributed by atoms with Gasteiger partial charge >= 0.3 is 13.6 Å². The van der Waals surface area contributed by atoms with Crippen molar-refractivity contribution in [2.45, 2.75) is 26.4 Å². The van der Waals surface area contributed by atoms with Crippen LogP contribution in [0.5, 0.6) is 0 Å². The average molecular weight is 236 g/mol. The van der Waals surface area contributed by atoms with E-state index in [0.717, 1.165) is 6.08 Å². The molecule has 0 aliphatic heterocycles. The minimum absolute atomic E-state index is 0.266. The molecular weight excluding hydrogens is 219 g/mol. The molecule has 0 saturated carbocycles. The van der Waals surface area contributed by atoms with Gasteiger partial charge in [-0.3, -0.25) is 4.57 Å². The van der Waals surface area contributed by atoms with Gasteiger partial charge in [0.25, 0.3) is 0 Å². The minimum atomic E-state index is -3.22. The first-order valence-corrected chi connectivity index (χ1v) is 6.37. The number of aliphatic carboxylic acids is 1. The van der Waals surface area contributed by atoms with Crippen LogP contribution in [0.2, 0.25) is 0 Å². The van der Waals surface area contributed by atoms with Crippen LogP contribution in [0.25, 0.3) is 0 Å². The Hall–Kier alpha value is -0.640. The first kappa shape index (κ1) is 14.4. The largest absolute Gasteiger partial charge is 0.478 e. The molecule has 0 aliphatic carbocycles. The fourth-order valence-corrected chi connectivity index (χ4v) is 2.52. The molecular formula is C9H17O5P. The summed E-state index contributed by atoms with van der Waals surface area (Å²) < 4.78 is 22.1. The molecule has 15 heavy (non-hydrogen) atoms. The van der Waals surface area contributed by atoms with E-state index in [-0.39, 0.29) is 13.2 Å². The maximum absolute atomic E-state index is 12.0. The molecule has 1 unspecified atom stereocenters. The summed E-state index contributed by atoms with van der Waals surface area (Å²) in [5.74, 6) is -1.08. The molecule has 0 radical (unpaired) electrons. The summed E-state index contributed by atoms with van der Waals surface area (Å²) in [4.78, 5) is 10.3. The molecule has 0 spiro atoms. The highest BCUT2D eigenvalue weighted by atomic mass is 31.2. The van der Waals surface area contributed by atoms with E-state index in [1.54, 1.807) is 20.8 Å². The van der Waals surface area contributed by atoms with Crippen molar-refractivity contribution in [3.05, 3.63) is 12.2 Å². The number of hydrogen-bond acceptors (Lipinski definition) is 4. The van der Waals surface area contributed by atoms with Crippen LogP contribution in [0.15, 0.2) is 12.2 Å². The van der Waals surface area contributed by atoms with Crippen molar-refractivity contribution < 1.29 is 23.5 Å². The van der Waals surface area contributed by atoms with Gasteiger partial charge in [-0.1, -0.05) is 6.08 Å². The first-order valence-electron chi connectivity index (χ1n) is 4.76. The molecule has 0 saturated heterocycles. The van der Waals surface area contributed by atoms with E-state index < -0.39 is 19.2 Å². The Morgan fingerprint density at radius 3 is 2.20 bits per heavy atom. The summed E-state index contributed by atoms with van der Waals surface area (Å²) in [7, 11) is -3.22. The van der Waals surface area contributed by atoms with Gasteiger partial charge in [0.05, 0.1) is 18.9 Å². The molecule has 88 valence electrons. The topological polar surface area (TPSA) is 72.8 Å². The predicted molar refractivity (Wildman–Crippen MR) is 57.1 cm³/mol. The van der Waals surface area contributed by atoms with Gasteiger partial charge in [-0.25, -0.2) is 4.79 Å². The number of carboxylic acid groups (broad SMARTS) is 1. The van der Waals surface area contributed by atoms with Crippen LogP contribution in [0.1, 0.15) is 20.8 Å². The normalized spacial score (nSPS) is 14.3. The molecule has 0 fully saturated rings. The lowest BCUT2D eigenvalue weighted by Crippen LogP contribution is -2.07. The average Bonchev–Trinajstić information content (AvgIpc) is 2.14. The standard InChI is InChI=1S/C9H17O5P/c1-4-13-15(12,14-5-2)8(3)6-7-9(10)11/h6-8H,4-5H2,1-3H3,(H,10,11)/b7-6+. The molecule has 0 aliphatic rings. The van der Waals surface area contributed by atoms with E-state index in [1.165, 1.54) is 6.08 Å². The van der Waals surface area contributed by atoms with Crippen LogP contribution < -0.4 is 0 Å². The van der Waals surface area contributed by atoms with Crippen molar-refractivity contribution in [2.24, 2.45) is 0 Å². The Labute approximate surface area is 89.6 Å². The lowest BCUT2D eigenvalue weighted by molar-refractivity contribution is -0.131. The summed E-state index contributed by atoms with van der Waals surface area (Å²) >= 11 is 0. The van der Waals surface area contributed by atoms with Gasteiger partial charge < -0.3 is 14.2 Å². The zero-order chi connectivity index (χ0) is 11.9. The maximum atomic E-state index is 12.0. The molecule has 0 aromatic carbocycles. The van der Waals surface area contributed by atoms with Gasteiger partial charge in [-0.05, 0) is 20.8 Å². The second-order valence-corrected chi connectivity index (χ2v) is 5.22. The molecule has 0 bridgehead atoms. The zero-order valence-corrected chi connectivity index (χ0v) is 10.1. The van der Waals surface area contributed by atoms with E-state index in [1.807, 2.05) is 0 Å². The Kier molecular flexibility index (Phi) is 6.48. The fourth-order valence-electron chi connectivity index (χ4n) is 0.959. The van der Waals surface area contributed by atoms with Crippen LogP contribution in [0.4, 0.5) is 0 Å². The molecule has 1 N–H and O–H groups in total. The highest BCUT2D eigenvalue weighted by Crippen LogP contribution is 2.53. The number of rotatable bonds is 7. The second-order valence-electron chi connectivity index (χ2n) is 2.81. The van der Waals surface area contributed by atoms with E-state index in [4.69, 9.17) is 14.2 Å². The van der Waals surface area contributed by atoms with Crippen molar-refractivity contribution >= 4 is 13.6 Å². The van der Waals surface area contributed by atoms with Gasteiger partial charge in [-0.15, -0.1) is 0 Å². The molecule has 0 aromatic heterocycles. The number of hydrogen-bond donors (Lipinski definition) is 1. The fraction of sp³-hybridized carbons (Fsp3) is 0.667. The van der Waals surface area contributed by atoms with Gasteiger partial charge in [0.2, 0.25) is 0 Å². The monoisotopic (exact) mass is 236 g/mol. The summed E-state index contributed by atoms with van der Waals surface area (Å²) in [6.45, 7) is 5.55. The Balaban J connectivity index is 4.61. The highest BCUT2D eigenvalue weighted by molar-refractivity contribution is 7.54. The quantitative estimate of drug-likeness (QED) is 0.542. The number of carbonyl (C=O) groups is 1. The molecule has 1 atom stereocenters. The van der Waals surface area contributed by atoms with Crippen LogP contribution >= 0.6 is 7.60 Å². The SMILES string of the molecule is CCOP(=O)(OCC)C(C)/C=C/C(=O)O. The van der Waals surface area contributed by atoms with Gasteiger partial charge in [0.15, 0.2) is 0 Å². The van der Waals surface area contributed by atoms with E-state index in [2.05, 4.69) is 0 Å². The molecule has 0 rings (SSSR count). The van der Waals surface area contributed by atoms with Gasteiger partial charge in [0.1, 0.15) is 0 Å². The van der Waals surface area contributed by atoms with Crippen molar-refractivity contribution in [1.29, 1.82) is 0 Å². The van der Waals surface area contributed by atoms with Gasteiger partial charge in [0, 0.05) is 6.08 Å². The Bertz CT molecular complexity index is 264. The first-order chi connectivity index (χ1) is 6.96. The van der Waals surface area contributed by atoms with Crippen molar-refractivity contribution in [3.63, 3.8) is 0 Å². The summed E-state index contributed by atoms with van der Waals surface area (Å²) in [6, 6.07) is 0. The lowest BCUT2D eigenvalue weighted by Gasteiger charge is -2.20. The van der Waals surface area contributed by atoms with E-state index >= 15 is 0 Å². The van der Waals surface area contributed by atoms with Crippen molar-refractivity contribution in [3.8, 4) is 0 Å². The summed E-state index contributed by atoms with van der Waals surface area (Å²) in [5, 5.41) is 8.43. The van der Waals surface area contributed by atoms with Gasteiger partial charge in [-0.2, -0.15) is 0 Å². The van der Waals surface area contributed by atoms with Crippen molar-refractivity contribution in [1.82, 2.24) is 0 Å². The number of allylic oxidation sites excluding steroid dienone is 1. The molecule has 0 amide bonds. The molecule has 6 heteroatoms. The third kappa shape index (κ3) is 5.11. The lowest BCUT2D eigenvalue weighted by atomic mass is 10.4. The Morgan fingerprint density at radius 1 is 1.40 bits per heavy atom. The molecule has 5 nitrogen and oxygen atoms in total. The van der Waals surface area contributed by atoms with Crippen molar-refractivity contribution in [2.75, 3.05) is 13.2 Å². The summed E-state index contributed by atoms with van der Waals surface area (Å²) in [6.07, 6.45) is 2.25. The van der Waals surface area contributed by atoms with Crippen LogP contribution in [0.3, 0.4) is 0 Å². The van der Waals surface area contributed by atoms with Crippen LogP contribution in [0, 0.1) is 0 Å². The Morgan fingerprint density at radius 2 is 1.87 bits per heavy atom. The predicted octanol–water partition coefficient (Wildman–Crippen LogP) is 2.28. The van der Waals surface area contributed by atoms with E-state index in [9.17, 15) is 9.36 Å². The third-order valence-electron chi connectivity index (χ3n) is 1.63. The highest BCUT2D eigenvalue weighted by Gasteiger charge is 2.29. The van der Waals surface area contributed by atoms with Crippen LogP contribution in [-0.4, -0.2) is 29.9 Å². The summed E-state index contributed by atoms with van der Waals surface area (Å²) in [5.41, 5.74) is -0.562. The zero-order valence-electron chi connectivity index (χ0n) is 9.17.